The Hall–Kier alpha value is -1.22. The van der Waals surface area contributed by atoms with Crippen LogP contribution in [-0.2, 0) is 11.2 Å². The molecule has 2 nitrogen and oxygen atoms in total. The minimum Gasteiger partial charge on any atom is -0.327 e. The fraction of sp³-hybridized carbons (Fsp3) is 0.417. The molecule has 1 atom stereocenters. The highest BCUT2D eigenvalue weighted by atomic mass is 19.1. The fourth-order valence-electron chi connectivity index (χ4n) is 1.36. The molecule has 0 saturated carbocycles. The van der Waals surface area contributed by atoms with Gasteiger partial charge in [0.1, 0.15) is 11.6 Å². The SMILES string of the molecule is CCC(N)CC(=O)Cc1ccccc1F. The maximum absolute atomic E-state index is 13.2. The first-order valence-corrected chi connectivity index (χ1v) is 5.14. The average molecular weight is 209 g/mol. The summed E-state index contributed by atoms with van der Waals surface area (Å²) in [7, 11) is 0. The predicted octanol–water partition coefficient (Wildman–Crippen LogP) is 2.06. The van der Waals surface area contributed by atoms with Gasteiger partial charge in [-0.05, 0) is 18.1 Å². The summed E-state index contributed by atoms with van der Waals surface area (Å²) in [4.78, 5) is 11.5. The van der Waals surface area contributed by atoms with E-state index < -0.39 is 0 Å². The number of nitrogens with two attached hydrogens (primary N) is 1. The van der Waals surface area contributed by atoms with Crippen molar-refractivity contribution in [1.82, 2.24) is 0 Å². The van der Waals surface area contributed by atoms with Crippen molar-refractivity contribution in [3.63, 3.8) is 0 Å². The van der Waals surface area contributed by atoms with E-state index in [2.05, 4.69) is 0 Å². The zero-order chi connectivity index (χ0) is 11.3. The fourth-order valence-corrected chi connectivity index (χ4v) is 1.36. The number of halogens is 1. The van der Waals surface area contributed by atoms with Crippen molar-refractivity contribution in [1.29, 1.82) is 0 Å². The smallest absolute Gasteiger partial charge is 0.138 e. The van der Waals surface area contributed by atoms with Crippen molar-refractivity contribution in [3.05, 3.63) is 35.6 Å². The van der Waals surface area contributed by atoms with Crippen LogP contribution in [0.25, 0.3) is 0 Å². The predicted molar refractivity (Wildman–Crippen MR) is 58.0 cm³/mol. The Morgan fingerprint density at radius 1 is 1.47 bits per heavy atom. The Kier molecular flexibility index (Phi) is 4.43. The quantitative estimate of drug-likeness (QED) is 0.806. The van der Waals surface area contributed by atoms with Gasteiger partial charge < -0.3 is 5.73 Å². The third-order valence-corrected chi connectivity index (χ3v) is 2.36. The molecule has 0 heterocycles. The lowest BCUT2D eigenvalue weighted by atomic mass is 10.0. The number of rotatable bonds is 5. The van der Waals surface area contributed by atoms with Crippen LogP contribution in [0.1, 0.15) is 25.3 Å². The van der Waals surface area contributed by atoms with E-state index in [1.807, 2.05) is 6.92 Å². The van der Waals surface area contributed by atoms with E-state index in [4.69, 9.17) is 5.73 Å². The normalized spacial score (nSPS) is 12.5. The first-order valence-electron chi connectivity index (χ1n) is 5.14. The van der Waals surface area contributed by atoms with Crippen LogP contribution in [0, 0.1) is 5.82 Å². The van der Waals surface area contributed by atoms with E-state index in [-0.39, 0.29) is 24.1 Å². The van der Waals surface area contributed by atoms with Gasteiger partial charge in [-0.15, -0.1) is 0 Å². The molecule has 3 heteroatoms. The first kappa shape index (κ1) is 11.9. The molecule has 1 aromatic rings. The summed E-state index contributed by atoms with van der Waals surface area (Å²) >= 11 is 0. The average Bonchev–Trinajstić information content (AvgIpc) is 2.21. The highest BCUT2D eigenvalue weighted by Crippen LogP contribution is 2.09. The molecule has 1 unspecified atom stereocenters. The van der Waals surface area contributed by atoms with Gasteiger partial charge in [0.15, 0.2) is 0 Å². The lowest BCUT2D eigenvalue weighted by molar-refractivity contribution is -0.118. The second-order valence-electron chi connectivity index (χ2n) is 3.68. The van der Waals surface area contributed by atoms with Gasteiger partial charge in [0.05, 0.1) is 0 Å². The standard InChI is InChI=1S/C12H16FNO/c1-2-10(14)8-11(15)7-9-5-3-4-6-12(9)13/h3-6,10H,2,7-8,14H2,1H3. The first-order chi connectivity index (χ1) is 7.13. The Morgan fingerprint density at radius 2 is 2.13 bits per heavy atom. The zero-order valence-electron chi connectivity index (χ0n) is 8.87. The molecule has 0 spiro atoms. The molecule has 0 amide bonds. The van der Waals surface area contributed by atoms with Crippen molar-refractivity contribution in [2.24, 2.45) is 5.73 Å². The number of carbonyl (C=O) groups excluding carboxylic acids is 1. The van der Waals surface area contributed by atoms with Crippen molar-refractivity contribution in [2.45, 2.75) is 32.2 Å². The molecule has 0 aromatic heterocycles. The monoisotopic (exact) mass is 209 g/mol. The number of benzene rings is 1. The molecule has 82 valence electrons. The van der Waals surface area contributed by atoms with E-state index in [1.54, 1.807) is 18.2 Å². The van der Waals surface area contributed by atoms with Gasteiger partial charge in [0, 0.05) is 18.9 Å². The molecule has 0 bridgehead atoms. The van der Waals surface area contributed by atoms with Crippen LogP contribution in [0.3, 0.4) is 0 Å². The highest BCUT2D eigenvalue weighted by Gasteiger charge is 2.10. The Balaban J connectivity index is 2.55. The van der Waals surface area contributed by atoms with E-state index in [1.165, 1.54) is 6.07 Å². The molecule has 0 saturated heterocycles. The van der Waals surface area contributed by atoms with Gasteiger partial charge in [-0.3, -0.25) is 4.79 Å². The molecule has 0 radical (unpaired) electrons. The topological polar surface area (TPSA) is 43.1 Å². The second-order valence-corrected chi connectivity index (χ2v) is 3.68. The Labute approximate surface area is 89.3 Å². The van der Waals surface area contributed by atoms with E-state index in [9.17, 15) is 9.18 Å². The van der Waals surface area contributed by atoms with Crippen LogP contribution in [-0.4, -0.2) is 11.8 Å². The summed E-state index contributed by atoms with van der Waals surface area (Å²) in [6.45, 7) is 1.93. The van der Waals surface area contributed by atoms with Gasteiger partial charge in [0.2, 0.25) is 0 Å². The molecule has 0 aliphatic heterocycles. The molecule has 2 N–H and O–H groups in total. The van der Waals surface area contributed by atoms with Crippen LogP contribution in [0.5, 0.6) is 0 Å². The van der Waals surface area contributed by atoms with Gasteiger partial charge in [-0.1, -0.05) is 25.1 Å². The summed E-state index contributed by atoms with van der Waals surface area (Å²) in [5.74, 6) is -0.328. The molecule has 15 heavy (non-hydrogen) atoms. The minimum absolute atomic E-state index is 0.00514. The Bertz CT molecular complexity index is 338. The summed E-state index contributed by atoms with van der Waals surface area (Å²) in [6, 6.07) is 6.23. The summed E-state index contributed by atoms with van der Waals surface area (Å²) < 4.78 is 13.2. The lowest BCUT2D eigenvalue weighted by Crippen LogP contribution is -2.23. The number of hydrogen-bond donors (Lipinski definition) is 1. The van der Waals surface area contributed by atoms with Crippen LogP contribution in [0.15, 0.2) is 24.3 Å². The van der Waals surface area contributed by atoms with E-state index in [0.717, 1.165) is 6.42 Å². The number of Topliss-reactive ketones (excluding diaryl/α,β-unsaturated/α-hetero) is 1. The Morgan fingerprint density at radius 3 is 2.73 bits per heavy atom. The molecular formula is C12H16FNO. The summed E-state index contributed by atoms with van der Waals surface area (Å²) in [6.07, 6.45) is 1.23. The third kappa shape index (κ3) is 3.80. The van der Waals surface area contributed by atoms with Crippen molar-refractivity contribution < 1.29 is 9.18 Å². The van der Waals surface area contributed by atoms with Crippen LogP contribution in [0.4, 0.5) is 4.39 Å². The minimum atomic E-state index is -0.323. The zero-order valence-corrected chi connectivity index (χ0v) is 8.87. The van der Waals surface area contributed by atoms with Gasteiger partial charge in [-0.25, -0.2) is 4.39 Å². The van der Waals surface area contributed by atoms with E-state index >= 15 is 0 Å². The number of carbonyl (C=O) groups is 1. The summed E-state index contributed by atoms with van der Waals surface area (Å²) in [5, 5.41) is 0. The second kappa shape index (κ2) is 5.61. The molecule has 0 fully saturated rings. The molecule has 1 aromatic carbocycles. The molecular weight excluding hydrogens is 193 g/mol. The van der Waals surface area contributed by atoms with Crippen LogP contribution >= 0.6 is 0 Å². The van der Waals surface area contributed by atoms with Gasteiger partial charge in [0.25, 0.3) is 0 Å². The lowest BCUT2D eigenvalue weighted by Gasteiger charge is -2.07. The maximum Gasteiger partial charge on any atom is 0.138 e. The van der Waals surface area contributed by atoms with Crippen molar-refractivity contribution in [3.8, 4) is 0 Å². The molecule has 0 aliphatic rings. The molecule has 1 rings (SSSR count). The number of ketones is 1. The van der Waals surface area contributed by atoms with Crippen LogP contribution < -0.4 is 5.73 Å². The molecule has 0 aliphatic carbocycles. The van der Waals surface area contributed by atoms with Crippen molar-refractivity contribution >= 4 is 5.78 Å². The summed E-state index contributed by atoms with van der Waals surface area (Å²) in [5.41, 5.74) is 6.10. The van der Waals surface area contributed by atoms with Gasteiger partial charge >= 0.3 is 0 Å². The third-order valence-electron chi connectivity index (χ3n) is 2.36. The highest BCUT2D eigenvalue weighted by molar-refractivity contribution is 5.81. The van der Waals surface area contributed by atoms with Crippen LogP contribution in [0.2, 0.25) is 0 Å². The van der Waals surface area contributed by atoms with Gasteiger partial charge in [-0.2, -0.15) is 0 Å². The maximum atomic E-state index is 13.2. The largest absolute Gasteiger partial charge is 0.327 e. The van der Waals surface area contributed by atoms with E-state index in [0.29, 0.717) is 12.0 Å². The van der Waals surface area contributed by atoms with Crippen molar-refractivity contribution in [2.75, 3.05) is 0 Å². The number of hydrogen-bond acceptors (Lipinski definition) is 2.